The third-order valence-corrected chi connectivity index (χ3v) is 6.39. The molecule has 1 fully saturated rings. The second kappa shape index (κ2) is 8.82. The van der Waals surface area contributed by atoms with Crippen LogP contribution in [0.2, 0.25) is 0 Å². The first-order valence-corrected chi connectivity index (χ1v) is 11.0. The van der Waals surface area contributed by atoms with E-state index in [1.807, 2.05) is 18.2 Å². The van der Waals surface area contributed by atoms with Crippen molar-refractivity contribution in [1.82, 2.24) is 24.5 Å². The van der Waals surface area contributed by atoms with Gasteiger partial charge in [0.1, 0.15) is 11.6 Å². The lowest BCUT2D eigenvalue weighted by Gasteiger charge is -2.22. The van der Waals surface area contributed by atoms with Gasteiger partial charge in [-0.3, -0.25) is 4.79 Å². The van der Waals surface area contributed by atoms with Crippen LogP contribution in [-0.2, 0) is 17.8 Å². The monoisotopic (exact) mass is 411 g/mol. The van der Waals surface area contributed by atoms with Gasteiger partial charge in [0.05, 0.1) is 0 Å². The number of fused-ring (bicyclic) bond motifs is 1. The van der Waals surface area contributed by atoms with E-state index in [1.54, 1.807) is 12.4 Å². The minimum absolute atomic E-state index is 0.0767. The van der Waals surface area contributed by atoms with Crippen molar-refractivity contribution in [2.75, 3.05) is 0 Å². The second-order valence-electron chi connectivity index (χ2n) is 7.33. The predicted octanol–water partition coefficient (Wildman–Crippen LogP) is 3.05. The Bertz CT molecular complexity index is 1070. The first-order chi connectivity index (χ1) is 14.2. The fourth-order valence-corrected chi connectivity index (χ4v) is 4.80. The van der Waals surface area contributed by atoms with Crippen LogP contribution < -0.4 is 11.0 Å². The SMILES string of the molecule is CCc1ccccc1Sc1nccn2c(=O)n(CC(=O)NC3CCCCC3)nc12. The molecule has 1 amide bonds. The Balaban J connectivity index is 1.57. The average Bonchev–Trinajstić information content (AvgIpc) is 3.05. The number of aromatic nitrogens is 4. The van der Waals surface area contributed by atoms with Gasteiger partial charge in [0.2, 0.25) is 5.91 Å². The number of benzene rings is 1. The smallest absolute Gasteiger partial charge is 0.350 e. The summed E-state index contributed by atoms with van der Waals surface area (Å²) in [5.41, 5.74) is 1.36. The highest BCUT2D eigenvalue weighted by molar-refractivity contribution is 7.99. The number of rotatable bonds is 6. The zero-order valence-electron chi connectivity index (χ0n) is 16.5. The van der Waals surface area contributed by atoms with E-state index < -0.39 is 0 Å². The molecule has 8 heteroatoms. The van der Waals surface area contributed by atoms with Crippen molar-refractivity contribution in [3.63, 3.8) is 0 Å². The quantitative estimate of drug-likeness (QED) is 0.674. The minimum atomic E-state index is -0.327. The molecule has 1 saturated carbocycles. The van der Waals surface area contributed by atoms with Crippen molar-refractivity contribution >= 4 is 23.3 Å². The molecule has 0 bridgehead atoms. The molecule has 2 heterocycles. The molecule has 7 nitrogen and oxygen atoms in total. The molecule has 2 aromatic heterocycles. The molecule has 1 N–H and O–H groups in total. The van der Waals surface area contributed by atoms with E-state index in [0.29, 0.717) is 10.7 Å². The van der Waals surface area contributed by atoms with Crippen LogP contribution in [0.25, 0.3) is 5.65 Å². The molecule has 0 atom stereocenters. The van der Waals surface area contributed by atoms with Crippen molar-refractivity contribution < 1.29 is 4.79 Å². The minimum Gasteiger partial charge on any atom is -0.352 e. The van der Waals surface area contributed by atoms with E-state index in [1.165, 1.54) is 32.8 Å². The Morgan fingerprint density at radius 2 is 2.03 bits per heavy atom. The molecule has 29 heavy (non-hydrogen) atoms. The van der Waals surface area contributed by atoms with Crippen molar-refractivity contribution in [2.24, 2.45) is 0 Å². The summed E-state index contributed by atoms with van der Waals surface area (Å²) < 4.78 is 2.68. The van der Waals surface area contributed by atoms with Crippen molar-refractivity contribution in [3.8, 4) is 0 Å². The molecule has 1 aromatic carbocycles. The molecule has 1 aliphatic rings. The van der Waals surface area contributed by atoms with Gasteiger partial charge in [-0.1, -0.05) is 56.1 Å². The van der Waals surface area contributed by atoms with E-state index in [4.69, 9.17) is 0 Å². The summed E-state index contributed by atoms with van der Waals surface area (Å²) in [5.74, 6) is -0.166. The van der Waals surface area contributed by atoms with Crippen LogP contribution in [0.5, 0.6) is 0 Å². The number of amides is 1. The lowest BCUT2D eigenvalue weighted by molar-refractivity contribution is -0.122. The summed E-state index contributed by atoms with van der Waals surface area (Å²) in [4.78, 5) is 30.7. The molecule has 152 valence electrons. The number of aryl methyl sites for hydroxylation is 1. The molecular formula is C21H25N5O2S. The number of hydrogen-bond acceptors (Lipinski definition) is 5. The molecule has 0 unspecified atom stereocenters. The lowest BCUT2D eigenvalue weighted by Crippen LogP contribution is -2.40. The fourth-order valence-electron chi connectivity index (χ4n) is 3.76. The maximum atomic E-state index is 12.7. The molecular weight excluding hydrogens is 386 g/mol. The van der Waals surface area contributed by atoms with Crippen LogP contribution in [0.1, 0.15) is 44.6 Å². The summed E-state index contributed by atoms with van der Waals surface area (Å²) in [6.07, 6.45) is 9.63. The maximum absolute atomic E-state index is 12.7. The highest BCUT2D eigenvalue weighted by Gasteiger charge is 2.19. The van der Waals surface area contributed by atoms with Gasteiger partial charge in [0, 0.05) is 23.3 Å². The van der Waals surface area contributed by atoms with Crippen LogP contribution in [0.4, 0.5) is 0 Å². The third kappa shape index (κ3) is 4.37. The van der Waals surface area contributed by atoms with Crippen molar-refractivity contribution in [2.45, 2.75) is 68.0 Å². The zero-order chi connectivity index (χ0) is 20.2. The Morgan fingerprint density at radius 3 is 2.83 bits per heavy atom. The van der Waals surface area contributed by atoms with Crippen LogP contribution >= 0.6 is 11.8 Å². The largest absolute Gasteiger partial charge is 0.352 e. The van der Waals surface area contributed by atoms with Gasteiger partial charge in [-0.25, -0.2) is 18.9 Å². The molecule has 1 aliphatic carbocycles. The second-order valence-corrected chi connectivity index (χ2v) is 8.36. The van der Waals surface area contributed by atoms with Crippen LogP contribution in [0.15, 0.2) is 51.4 Å². The predicted molar refractivity (Wildman–Crippen MR) is 112 cm³/mol. The molecule has 3 aromatic rings. The molecule has 0 radical (unpaired) electrons. The Morgan fingerprint density at radius 1 is 1.24 bits per heavy atom. The molecule has 0 aliphatic heterocycles. The van der Waals surface area contributed by atoms with E-state index in [9.17, 15) is 9.59 Å². The summed E-state index contributed by atoms with van der Waals surface area (Å²) in [6, 6.07) is 8.34. The Kier molecular flexibility index (Phi) is 5.99. The lowest BCUT2D eigenvalue weighted by atomic mass is 9.95. The summed E-state index contributed by atoms with van der Waals surface area (Å²) in [5, 5.41) is 8.11. The number of carbonyl (C=O) groups is 1. The highest BCUT2D eigenvalue weighted by atomic mass is 32.2. The average molecular weight is 412 g/mol. The summed E-state index contributed by atoms with van der Waals surface area (Å²) in [6.45, 7) is 2.03. The van der Waals surface area contributed by atoms with Gasteiger partial charge in [0.25, 0.3) is 0 Å². The number of nitrogens with one attached hydrogen (secondary N) is 1. The van der Waals surface area contributed by atoms with Gasteiger partial charge in [-0.15, -0.1) is 5.10 Å². The number of hydrogen-bond donors (Lipinski definition) is 1. The first kappa shape index (κ1) is 19.7. The van der Waals surface area contributed by atoms with Gasteiger partial charge < -0.3 is 5.32 Å². The highest BCUT2D eigenvalue weighted by Crippen LogP contribution is 2.31. The van der Waals surface area contributed by atoms with Crippen LogP contribution in [0.3, 0.4) is 0 Å². The van der Waals surface area contributed by atoms with Crippen LogP contribution in [0, 0.1) is 0 Å². The van der Waals surface area contributed by atoms with Gasteiger partial charge in [0.15, 0.2) is 5.65 Å². The zero-order valence-corrected chi connectivity index (χ0v) is 17.3. The fraction of sp³-hybridized carbons (Fsp3) is 0.429. The summed E-state index contributed by atoms with van der Waals surface area (Å²) >= 11 is 1.49. The standard InChI is InChI=1S/C21H25N5O2S/c1-2-15-8-6-7-11-17(15)29-20-19-24-26(21(28)25(19)13-12-22-20)14-18(27)23-16-9-4-3-5-10-16/h6-8,11-13,16H,2-5,9-10,14H2,1H3,(H,23,27). The molecule has 4 rings (SSSR count). The normalized spacial score (nSPS) is 14.9. The van der Waals surface area contributed by atoms with E-state index >= 15 is 0 Å². The van der Waals surface area contributed by atoms with Gasteiger partial charge >= 0.3 is 5.69 Å². The van der Waals surface area contributed by atoms with Gasteiger partial charge in [-0.2, -0.15) is 0 Å². The number of nitrogens with zero attached hydrogens (tertiary/aromatic N) is 4. The number of carbonyl (C=O) groups excluding carboxylic acids is 1. The Hall–Kier alpha value is -2.61. The maximum Gasteiger partial charge on any atom is 0.350 e. The Labute approximate surface area is 173 Å². The van der Waals surface area contributed by atoms with Gasteiger partial charge in [-0.05, 0) is 30.9 Å². The summed E-state index contributed by atoms with van der Waals surface area (Å²) in [7, 11) is 0. The topological polar surface area (TPSA) is 81.3 Å². The van der Waals surface area contributed by atoms with Crippen molar-refractivity contribution in [3.05, 3.63) is 52.7 Å². The van der Waals surface area contributed by atoms with E-state index in [2.05, 4.69) is 28.4 Å². The molecule has 0 saturated heterocycles. The van der Waals surface area contributed by atoms with Crippen molar-refractivity contribution in [1.29, 1.82) is 0 Å². The first-order valence-electron chi connectivity index (χ1n) is 10.1. The third-order valence-electron chi connectivity index (χ3n) is 5.29. The van der Waals surface area contributed by atoms with E-state index in [-0.39, 0.29) is 24.2 Å². The van der Waals surface area contributed by atoms with Crippen LogP contribution in [-0.4, -0.2) is 31.1 Å². The molecule has 0 spiro atoms. The van der Waals surface area contributed by atoms with E-state index in [0.717, 1.165) is 37.0 Å².